The van der Waals surface area contributed by atoms with E-state index in [0.29, 0.717) is 6.04 Å². The Morgan fingerprint density at radius 1 is 1.12 bits per heavy atom. The van der Waals surface area contributed by atoms with Crippen molar-refractivity contribution in [3.63, 3.8) is 0 Å². The average molecular weight is 347 g/mol. The number of para-hydroxylation sites is 1. The molecule has 5 heteroatoms. The standard InChI is InChI=1S/C20H30FN3O/c1-16(25)22-18-8-6-17(7-9-18)10-11-23-12-14-24(15-13-23)20-5-3-2-4-19(20)21/h2-5,17-18H,6-15H2,1H3,(H,22,25). The quantitative estimate of drug-likeness (QED) is 0.889. The lowest BCUT2D eigenvalue weighted by Crippen LogP contribution is -2.47. The van der Waals surface area contributed by atoms with E-state index in [1.807, 2.05) is 12.1 Å². The Hall–Kier alpha value is -1.62. The highest BCUT2D eigenvalue weighted by molar-refractivity contribution is 5.73. The first kappa shape index (κ1) is 18.2. The fourth-order valence-electron chi connectivity index (χ4n) is 4.17. The molecule has 1 aliphatic carbocycles. The van der Waals surface area contributed by atoms with E-state index in [-0.39, 0.29) is 11.7 Å². The van der Waals surface area contributed by atoms with Crippen molar-refractivity contribution in [3.8, 4) is 0 Å². The van der Waals surface area contributed by atoms with Gasteiger partial charge < -0.3 is 10.2 Å². The van der Waals surface area contributed by atoms with Gasteiger partial charge in [0, 0.05) is 39.1 Å². The van der Waals surface area contributed by atoms with Gasteiger partial charge in [-0.1, -0.05) is 12.1 Å². The zero-order chi connectivity index (χ0) is 17.6. The van der Waals surface area contributed by atoms with Gasteiger partial charge in [-0.2, -0.15) is 0 Å². The van der Waals surface area contributed by atoms with Gasteiger partial charge in [0.1, 0.15) is 5.82 Å². The zero-order valence-electron chi connectivity index (χ0n) is 15.2. The summed E-state index contributed by atoms with van der Waals surface area (Å²) in [6.07, 6.45) is 5.92. The van der Waals surface area contributed by atoms with E-state index in [0.717, 1.165) is 57.2 Å². The molecule has 1 aromatic rings. The summed E-state index contributed by atoms with van der Waals surface area (Å²) < 4.78 is 13.9. The van der Waals surface area contributed by atoms with Crippen LogP contribution in [0.1, 0.15) is 39.0 Å². The van der Waals surface area contributed by atoms with E-state index in [1.165, 1.54) is 19.3 Å². The molecule has 25 heavy (non-hydrogen) atoms. The highest BCUT2D eigenvalue weighted by atomic mass is 19.1. The average Bonchev–Trinajstić information content (AvgIpc) is 2.62. The molecule has 0 bridgehead atoms. The van der Waals surface area contributed by atoms with Crippen LogP contribution in [0.15, 0.2) is 24.3 Å². The van der Waals surface area contributed by atoms with Gasteiger partial charge in [-0.05, 0) is 56.7 Å². The Balaban J connectivity index is 1.36. The molecule has 1 aromatic carbocycles. The number of hydrogen-bond acceptors (Lipinski definition) is 3. The molecule has 1 saturated carbocycles. The number of anilines is 1. The molecular formula is C20H30FN3O. The molecule has 4 nitrogen and oxygen atoms in total. The second kappa shape index (κ2) is 8.65. The Morgan fingerprint density at radius 2 is 1.80 bits per heavy atom. The van der Waals surface area contributed by atoms with Crippen LogP contribution < -0.4 is 10.2 Å². The number of nitrogens with zero attached hydrogens (tertiary/aromatic N) is 2. The largest absolute Gasteiger partial charge is 0.367 e. The van der Waals surface area contributed by atoms with Crippen molar-refractivity contribution in [2.24, 2.45) is 5.92 Å². The first-order chi connectivity index (χ1) is 12.1. The number of hydrogen-bond donors (Lipinski definition) is 1. The third-order valence-corrected chi connectivity index (χ3v) is 5.67. The predicted octanol–water partition coefficient (Wildman–Crippen LogP) is 3.03. The highest BCUT2D eigenvalue weighted by Gasteiger charge is 2.23. The van der Waals surface area contributed by atoms with Gasteiger partial charge in [-0.25, -0.2) is 4.39 Å². The number of halogens is 1. The highest BCUT2D eigenvalue weighted by Crippen LogP contribution is 2.27. The monoisotopic (exact) mass is 347 g/mol. The van der Waals surface area contributed by atoms with Crippen molar-refractivity contribution in [2.45, 2.75) is 45.1 Å². The SMILES string of the molecule is CC(=O)NC1CCC(CCN2CCN(c3ccccc3F)CC2)CC1. The van der Waals surface area contributed by atoms with Gasteiger partial charge in [0.05, 0.1) is 5.69 Å². The summed E-state index contributed by atoms with van der Waals surface area (Å²) in [7, 11) is 0. The summed E-state index contributed by atoms with van der Waals surface area (Å²) in [5, 5.41) is 3.05. The molecule has 0 atom stereocenters. The van der Waals surface area contributed by atoms with E-state index in [2.05, 4.69) is 15.1 Å². The molecule has 1 saturated heterocycles. The van der Waals surface area contributed by atoms with Crippen LogP contribution in [0.5, 0.6) is 0 Å². The van der Waals surface area contributed by atoms with E-state index < -0.39 is 0 Å². The second-order valence-corrected chi connectivity index (χ2v) is 7.49. The number of amides is 1. The smallest absolute Gasteiger partial charge is 0.217 e. The van der Waals surface area contributed by atoms with Gasteiger partial charge in [0.2, 0.25) is 5.91 Å². The lowest BCUT2D eigenvalue weighted by molar-refractivity contribution is -0.119. The summed E-state index contributed by atoms with van der Waals surface area (Å²) in [5.41, 5.74) is 0.735. The maximum Gasteiger partial charge on any atom is 0.217 e. The summed E-state index contributed by atoms with van der Waals surface area (Å²) in [6.45, 7) is 6.56. The van der Waals surface area contributed by atoms with Crippen LogP contribution in [0.3, 0.4) is 0 Å². The van der Waals surface area contributed by atoms with E-state index in [4.69, 9.17) is 0 Å². The lowest BCUT2D eigenvalue weighted by atomic mass is 9.84. The summed E-state index contributed by atoms with van der Waals surface area (Å²) >= 11 is 0. The van der Waals surface area contributed by atoms with Crippen LogP contribution in [0.4, 0.5) is 10.1 Å². The van der Waals surface area contributed by atoms with E-state index in [1.54, 1.807) is 19.1 Å². The number of piperazine rings is 1. The first-order valence-electron chi connectivity index (χ1n) is 9.61. The van der Waals surface area contributed by atoms with Gasteiger partial charge in [-0.15, -0.1) is 0 Å². The van der Waals surface area contributed by atoms with Crippen molar-refractivity contribution in [3.05, 3.63) is 30.1 Å². The van der Waals surface area contributed by atoms with Crippen molar-refractivity contribution < 1.29 is 9.18 Å². The number of carbonyl (C=O) groups is 1. The minimum absolute atomic E-state index is 0.0937. The molecule has 1 amide bonds. The van der Waals surface area contributed by atoms with Gasteiger partial charge in [-0.3, -0.25) is 9.69 Å². The first-order valence-corrected chi connectivity index (χ1v) is 9.61. The topological polar surface area (TPSA) is 35.6 Å². The Kier molecular flexibility index (Phi) is 6.29. The molecule has 1 heterocycles. The molecule has 0 radical (unpaired) electrons. The van der Waals surface area contributed by atoms with Crippen LogP contribution in [0.2, 0.25) is 0 Å². The number of benzene rings is 1. The van der Waals surface area contributed by atoms with Crippen molar-refractivity contribution >= 4 is 11.6 Å². The summed E-state index contributed by atoms with van der Waals surface area (Å²) in [4.78, 5) is 15.8. The molecule has 2 fully saturated rings. The molecule has 138 valence electrons. The second-order valence-electron chi connectivity index (χ2n) is 7.49. The van der Waals surface area contributed by atoms with E-state index in [9.17, 15) is 9.18 Å². The van der Waals surface area contributed by atoms with Crippen LogP contribution >= 0.6 is 0 Å². The summed E-state index contributed by atoms with van der Waals surface area (Å²) in [5.74, 6) is 0.762. The third kappa shape index (κ3) is 5.18. The van der Waals surface area contributed by atoms with Crippen LogP contribution in [-0.2, 0) is 4.79 Å². The normalized spacial score (nSPS) is 25.0. The van der Waals surface area contributed by atoms with Crippen LogP contribution in [0.25, 0.3) is 0 Å². The Labute approximate surface area is 150 Å². The molecule has 0 spiro atoms. The number of nitrogens with one attached hydrogen (secondary N) is 1. The zero-order valence-corrected chi connectivity index (χ0v) is 15.2. The van der Waals surface area contributed by atoms with Crippen molar-refractivity contribution in [2.75, 3.05) is 37.6 Å². The Bertz CT molecular complexity index is 564. The summed E-state index contributed by atoms with van der Waals surface area (Å²) in [6, 6.07) is 7.45. The van der Waals surface area contributed by atoms with Gasteiger partial charge in [0.25, 0.3) is 0 Å². The van der Waals surface area contributed by atoms with Gasteiger partial charge in [0.15, 0.2) is 0 Å². The molecular weight excluding hydrogens is 317 g/mol. The lowest BCUT2D eigenvalue weighted by Gasteiger charge is -2.37. The third-order valence-electron chi connectivity index (χ3n) is 5.67. The van der Waals surface area contributed by atoms with Crippen molar-refractivity contribution in [1.82, 2.24) is 10.2 Å². The predicted molar refractivity (Wildman–Crippen MR) is 99.2 cm³/mol. The fraction of sp³-hybridized carbons (Fsp3) is 0.650. The van der Waals surface area contributed by atoms with E-state index >= 15 is 0 Å². The molecule has 1 N–H and O–H groups in total. The molecule has 2 aliphatic rings. The van der Waals surface area contributed by atoms with Crippen LogP contribution in [-0.4, -0.2) is 49.6 Å². The molecule has 0 unspecified atom stereocenters. The maximum absolute atomic E-state index is 13.9. The maximum atomic E-state index is 13.9. The Morgan fingerprint density at radius 3 is 2.44 bits per heavy atom. The number of rotatable bonds is 5. The minimum Gasteiger partial charge on any atom is -0.367 e. The van der Waals surface area contributed by atoms with Crippen LogP contribution in [0, 0.1) is 11.7 Å². The minimum atomic E-state index is -0.119. The number of carbonyl (C=O) groups excluding carboxylic acids is 1. The van der Waals surface area contributed by atoms with Gasteiger partial charge >= 0.3 is 0 Å². The fourth-order valence-corrected chi connectivity index (χ4v) is 4.17. The van der Waals surface area contributed by atoms with Crippen molar-refractivity contribution in [1.29, 1.82) is 0 Å². The molecule has 3 rings (SSSR count). The molecule has 0 aromatic heterocycles. The molecule has 1 aliphatic heterocycles.